The molecule has 2 aromatic carbocycles. The van der Waals surface area contributed by atoms with Crippen LogP contribution in [0.4, 0.5) is 10.8 Å². The zero-order chi connectivity index (χ0) is 22.5. The van der Waals surface area contributed by atoms with Gasteiger partial charge in [-0.2, -0.15) is 5.10 Å². The predicted molar refractivity (Wildman–Crippen MR) is 133 cm³/mol. The molecule has 0 aliphatic heterocycles. The Morgan fingerprint density at radius 3 is 2.44 bits per heavy atom. The summed E-state index contributed by atoms with van der Waals surface area (Å²) in [5.41, 5.74) is 3.43. The van der Waals surface area contributed by atoms with E-state index in [4.69, 9.17) is 17.0 Å². The standard InChI is InChI=1S/C24H22N4O2S2/c1-16-20(18-11-7-4-8-12-18)21(23(29)30-2)22(32-16)26-24(31)25-19-13-14-28(27-19)15-17-9-5-3-6-10-17/h3-14H,15H2,1-2H3,(H2,25,26,27,31). The molecule has 0 bridgehead atoms. The smallest absolute Gasteiger partial charge is 0.341 e. The molecule has 0 spiro atoms. The van der Waals surface area contributed by atoms with Crippen LogP contribution in [0.15, 0.2) is 72.9 Å². The molecular formula is C24H22N4O2S2. The number of esters is 1. The third kappa shape index (κ3) is 4.87. The molecular weight excluding hydrogens is 440 g/mol. The normalized spacial score (nSPS) is 10.6. The zero-order valence-corrected chi connectivity index (χ0v) is 19.3. The van der Waals surface area contributed by atoms with Crippen molar-refractivity contribution in [3.63, 3.8) is 0 Å². The van der Waals surface area contributed by atoms with Gasteiger partial charge in [-0.15, -0.1) is 11.3 Å². The average Bonchev–Trinajstić information content (AvgIpc) is 3.37. The number of ether oxygens (including phenoxy) is 1. The number of hydrogen-bond donors (Lipinski definition) is 2. The van der Waals surface area contributed by atoms with Crippen molar-refractivity contribution in [2.24, 2.45) is 0 Å². The van der Waals surface area contributed by atoms with Crippen molar-refractivity contribution < 1.29 is 9.53 Å². The second kappa shape index (κ2) is 9.76. The van der Waals surface area contributed by atoms with Gasteiger partial charge < -0.3 is 15.4 Å². The molecule has 0 unspecified atom stereocenters. The summed E-state index contributed by atoms with van der Waals surface area (Å²) in [6.07, 6.45) is 1.89. The fourth-order valence-corrected chi connectivity index (χ4v) is 4.76. The van der Waals surface area contributed by atoms with Gasteiger partial charge >= 0.3 is 5.97 Å². The Hall–Kier alpha value is -3.49. The topological polar surface area (TPSA) is 68.2 Å². The summed E-state index contributed by atoms with van der Waals surface area (Å²) in [4.78, 5) is 13.6. The molecule has 4 rings (SSSR count). The Bertz CT molecular complexity index is 1230. The second-order valence-corrected chi connectivity index (χ2v) is 8.69. The Morgan fingerprint density at radius 2 is 1.75 bits per heavy atom. The van der Waals surface area contributed by atoms with Crippen molar-refractivity contribution >= 4 is 45.5 Å². The van der Waals surface area contributed by atoms with E-state index in [1.165, 1.54) is 18.4 Å². The largest absolute Gasteiger partial charge is 0.465 e. The molecule has 2 heterocycles. The number of methoxy groups -OCH3 is 1. The van der Waals surface area contributed by atoms with Crippen LogP contribution in [0.2, 0.25) is 0 Å². The second-order valence-electron chi connectivity index (χ2n) is 7.06. The molecule has 8 heteroatoms. The first kappa shape index (κ1) is 21.7. The Morgan fingerprint density at radius 1 is 1.06 bits per heavy atom. The van der Waals surface area contributed by atoms with E-state index in [0.29, 0.717) is 28.0 Å². The van der Waals surface area contributed by atoms with Crippen molar-refractivity contribution in [1.29, 1.82) is 0 Å². The predicted octanol–water partition coefficient (Wildman–Crippen LogP) is 5.56. The molecule has 0 fully saturated rings. The maximum Gasteiger partial charge on any atom is 0.341 e. The minimum atomic E-state index is -0.411. The Balaban J connectivity index is 1.52. The fourth-order valence-electron chi connectivity index (χ4n) is 3.42. The quantitative estimate of drug-likeness (QED) is 0.289. The summed E-state index contributed by atoms with van der Waals surface area (Å²) in [5.74, 6) is 0.209. The number of thiocarbonyl (C=S) groups is 1. The van der Waals surface area contributed by atoms with Crippen molar-refractivity contribution in [1.82, 2.24) is 9.78 Å². The van der Waals surface area contributed by atoms with E-state index in [1.807, 2.05) is 72.4 Å². The summed E-state index contributed by atoms with van der Waals surface area (Å²) in [6.45, 7) is 2.64. The number of benzene rings is 2. The third-order valence-electron chi connectivity index (χ3n) is 4.83. The highest BCUT2D eigenvalue weighted by atomic mass is 32.1. The number of thiophene rings is 1. The molecule has 0 amide bonds. The van der Waals surface area contributed by atoms with Gasteiger partial charge in [0.2, 0.25) is 0 Å². The molecule has 0 radical (unpaired) electrons. The summed E-state index contributed by atoms with van der Waals surface area (Å²) in [6, 6.07) is 21.7. The van der Waals surface area contributed by atoms with Crippen LogP contribution in [0.1, 0.15) is 20.8 Å². The monoisotopic (exact) mass is 462 g/mol. The van der Waals surface area contributed by atoms with E-state index in [9.17, 15) is 4.79 Å². The van der Waals surface area contributed by atoms with Gasteiger partial charge in [0.1, 0.15) is 10.6 Å². The maximum absolute atomic E-state index is 12.6. The number of carbonyl (C=O) groups excluding carboxylic acids is 1. The highest BCUT2D eigenvalue weighted by Gasteiger charge is 2.24. The molecule has 0 aliphatic carbocycles. The van der Waals surface area contributed by atoms with Crippen LogP contribution in [0, 0.1) is 6.92 Å². The molecule has 2 aromatic heterocycles. The van der Waals surface area contributed by atoms with Gasteiger partial charge in [-0.1, -0.05) is 60.7 Å². The van der Waals surface area contributed by atoms with Crippen LogP contribution < -0.4 is 10.6 Å². The number of aromatic nitrogens is 2. The first-order valence-electron chi connectivity index (χ1n) is 9.97. The lowest BCUT2D eigenvalue weighted by Crippen LogP contribution is -2.20. The molecule has 6 nitrogen and oxygen atoms in total. The number of hydrogen-bond acceptors (Lipinski definition) is 5. The first-order chi connectivity index (χ1) is 15.5. The molecule has 32 heavy (non-hydrogen) atoms. The Kier molecular flexibility index (Phi) is 6.63. The lowest BCUT2D eigenvalue weighted by molar-refractivity contribution is 0.0603. The van der Waals surface area contributed by atoms with Crippen molar-refractivity contribution in [2.75, 3.05) is 17.7 Å². The van der Waals surface area contributed by atoms with Crippen molar-refractivity contribution in [3.8, 4) is 11.1 Å². The van der Waals surface area contributed by atoms with Gasteiger partial charge in [-0.05, 0) is 30.3 Å². The molecule has 0 saturated carbocycles. The molecule has 162 valence electrons. The van der Waals surface area contributed by atoms with Crippen LogP contribution in [-0.2, 0) is 11.3 Å². The summed E-state index contributed by atoms with van der Waals surface area (Å²) in [5, 5.41) is 11.7. The van der Waals surface area contributed by atoms with Gasteiger partial charge in [0.05, 0.1) is 13.7 Å². The van der Waals surface area contributed by atoms with Gasteiger partial charge in [0.15, 0.2) is 10.9 Å². The number of rotatable bonds is 6. The molecule has 0 aliphatic rings. The average molecular weight is 463 g/mol. The maximum atomic E-state index is 12.6. The highest BCUT2D eigenvalue weighted by Crippen LogP contribution is 2.40. The molecule has 2 N–H and O–H groups in total. The lowest BCUT2D eigenvalue weighted by Gasteiger charge is -2.10. The first-order valence-corrected chi connectivity index (χ1v) is 11.2. The summed E-state index contributed by atoms with van der Waals surface area (Å²) >= 11 is 6.95. The van der Waals surface area contributed by atoms with E-state index in [2.05, 4.69) is 27.9 Å². The van der Waals surface area contributed by atoms with Gasteiger partial charge in [0.25, 0.3) is 0 Å². The van der Waals surface area contributed by atoms with E-state index >= 15 is 0 Å². The summed E-state index contributed by atoms with van der Waals surface area (Å²) < 4.78 is 6.90. The number of anilines is 2. The number of aryl methyl sites for hydroxylation is 1. The number of carbonyl (C=O) groups is 1. The SMILES string of the molecule is COC(=O)c1c(NC(=S)Nc2ccn(Cc3ccccc3)n2)sc(C)c1-c1ccccc1. The van der Waals surface area contributed by atoms with Gasteiger partial charge in [-0.25, -0.2) is 4.79 Å². The van der Waals surface area contributed by atoms with Crippen LogP contribution >= 0.6 is 23.6 Å². The third-order valence-corrected chi connectivity index (χ3v) is 6.06. The van der Waals surface area contributed by atoms with E-state index < -0.39 is 5.97 Å². The van der Waals surface area contributed by atoms with Crippen molar-refractivity contribution in [3.05, 3.63) is 88.9 Å². The highest BCUT2D eigenvalue weighted by molar-refractivity contribution is 7.80. The number of nitrogens with zero attached hydrogens (tertiary/aromatic N) is 2. The lowest BCUT2D eigenvalue weighted by atomic mass is 10.0. The van der Waals surface area contributed by atoms with E-state index in [-0.39, 0.29) is 0 Å². The van der Waals surface area contributed by atoms with Crippen molar-refractivity contribution in [2.45, 2.75) is 13.5 Å². The van der Waals surface area contributed by atoms with E-state index in [1.54, 1.807) is 0 Å². The molecule has 4 aromatic rings. The minimum absolute atomic E-state index is 0.348. The van der Waals surface area contributed by atoms with Crippen LogP contribution in [0.5, 0.6) is 0 Å². The van der Waals surface area contributed by atoms with Crippen LogP contribution in [0.25, 0.3) is 11.1 Å². The van der Waals surface area contributed by atoms with Crippen LogP contribution in [0.3, 0.4) is 0 Å². The van der Waals surface area contributed by atoms with Gasteiger partial charge in [0, 0.05) is 22.7 Å². The van der Waals surface area contributed by atoms with Crippen LogP contribution in [-0.4, -0.2) is 28.0 Å². The summed E-state index contributed by atoms with van der Waals surface area (Å²) in [7, 11) is 1.38. The fraction of sp³-hybridized carbons (Fsp3) is 0.125. The number of nitrogens with one attached hydrogen (secondary N) is 2. The molecule has 0 saturated heterocycles. The Labute approximate surface area is 195 Å². The zero-order valence-electron chi connectivity index (χ0n) is 17.7. The van der Waals surface area contributed by atoms with E-state index in [0.717, 1.165) is 21.6 Å². The van der Waals surface area contributed by atoms with Gasteiger partial charge in [-0.3, -0.25) is 4.68 Å². The molecule has 0 atom stereocenters. The minimum Gasteiger partial charge on any atom is -0.465 e.